The zero-order valence-electron chi connectivity index (χ0n) is 26.2. The molecule has 0 spiro atoms. The van der Waals surface area contributed by atoms with Crippen LogP contribution in [-0.4, -0.2) is 19.5 Å². The van der Waals surface area contributed by atoms with Gasteiger partial charge in [-0.25, -0.2) is 0 Å². The lowest BCUT2D eigenvalue weighted by molar-refractivity contribution is -0.148. The number of rotatable bonds is 31. The van der Waals surface area contributed by atoms with E-state index in [0.717, 1.165) is 38.9 Å². The molecule has 0 saturated carbocycles. The lowest BCUT2D eigenvalue weighted by Crippen LogP contribution is -2.19. The Kier molecular flexibility index (Phi) is 33.4. The van der Waals surface area contributed by atoms with Crippen LogP contribution in [0.2, 0.25) is 0 Å². The Labute approximate surface area is 240 Å². The molecular weight excluding hydrogens is 464 g/mol. The monoisotopic (exact) mass is 533 g/mol. The van der Waals surface area contributed by atoms with Crippen LogP contribution in [0.5, 0.6) is 0 Å². The van der Waals surface area contributed by atoms with Gasteiger partial charge in [-0.3, -0.25) is 0 Å². The second kappa shape index (κ2) is 34.2. The molecule has 0 aromatic heterocycles. The van der Waals surface area contributed by atoms with Gasteiger partial charge in [-0.2, -0.15) is 0 Å². The van der Waals surface area contributed by atoms with Gasteiger partial charge in [0.25, 0.3) is 0 Å². The van der Waals surface area contributed by atoms with Crippen molar-refractivity contribution in [2.24, 2.45) is 0 Å². The molecule has 38 heavy (non-hydrogen) atoms. The molecule has 0 unspecified atom stereocenters. The highest BCUT2D eigenvalue weighted by molar-refractivity contribution is 5.02. The standard InChI is InChI=1S/C36H68O2/c1-4-7-10-13-16-19-20-21-22-23-24-27-30-33-36(37-34-31-28-25-17-14-11-8-5-2)38-35-32-29-26-18-15-12-9-6-3/h7,10,13,16,21-22,36H,4-6,8-9,11-12,14-15,17-20,23-35H2,1-3H3/b10-7+,16-13-,22-21-. The Balaban J connectivity index is 3.97. The van der Waals surface area contributed by atoms with Crippen molar-refractivity contribution >= 4 is 0 Å². The number of allylic oxidation sites excluding steroid dienone is 6. The van der Waals surface area contributed by atoms with Gasteiger partial charge >= 0.3 is 0 Å². The highest BCUT2D eigenvalue weighted by atomic mass is 16.7. The Bertz CT molecular complexity index is 485. The molecule has 0 radical (unpaired) electrons. The fraction of sp³-hybridized carbons (Fsp3) is 0.833. The predicted molar refractivity (Wildman–Crippen MR) is 171 cm³/mol. The number of hydrogen-bond acceptors (Lipinski definition) is 2. The maximum Gasteiger partial charge on any atom is 0.157 e. The highest BCUT2D eigenvalue weighted by Gasteiger charge is 2.09. The van der Waals surface area contributed by atoms with E-state index >= 15 is 0 Å². The van der Waals surface area contributed by atoms with E-state index in [2.05, 4.69) is 57.2 Å². The first kappa shape index (κ1) is 37.1. The van der Waals surface area contributed by atoms with Gasteiger partial charge in [0.2, 0.25) is 0 Å². The minimum absolute atomic E-state index is 0.00759. The first-order valence-corrected chi connectivity index (χ1v) is 17.0. The Hall–Kier alpha value is -0.860. The molecule has 2 nitrogen and oxygen atoms in total. The van der Waals surface area contributed by atoms with Gasteiger partial charge in [0.05, 0.1) is 0 Å². The average Bonchev–Trinajstić information content (AvgIpc) is 2.93. The van der Waals surface area contributed by atoms with Crippen LogP contribution in [0.15, 0.2) is 36.5 Å². The fourth-order valence-electron chi connectivity index (χ4n) is 4.68. The van der Waals surface area contributed by atoms with E-state index < -0.39 is 0 Å². The second-order valence-electron chi connectivity index (χ2n) is 11.1. The summed E-state index contributed by atoms with van der Waals surface area (Å²) >= 11 is 0. The third-order valence-corrected chi connectivity index (χ3v) is 7.20. The smallest absolute Gasteiger partial charge is 0.157 e. The van der Waals surface area contributed by atoms with Crippen molar-refractivity contribution in [1.82, 2.24) is 0 Å². The molecule has 0 fully saturated rings. The predicted octanol–water partition coefficient (Wildman–Crippen LogP) is 12.4. The van der Waals surface area contributed by atoms with Crippen molar-refractivity contribution < 1.29 is 9.47 Å². The zero-order valence-corrected chi connectivity index (χ0v) is 26.2. The SMILES string of the molecule is CC/C=C/C=C\CC/C=C\CCCCCC(OCCCCCCCCCC)OCCCCCCCCCC. The molecule has 0 rings (SSSR count). The van der Waals surface area contributed by atoms with Crippen molar-refractivity contribution in [1.29, 1.82) is 0 Å². The van der Waals surface area contributed by atoms with E-state index in [1.807, 2.05) is 0 Å². The van der Waals surface area contributed by atoms with Gasteiger partial charge in [-0.15, -0.1) is 0 Å². The maximum atomic E-state index is 6.22. The third-order valence-electron chi connectivity index (χ3n) is 7.20. The van der Waals surface area contributed by atoms with Gasteiger partial charge in [-0.1, -0.05) is 154 Å². The van der Waals surface area contributed by atoms with E-state index in [0.29, 0.717) is 0 Å². The van der Waals surface area contributed by atoms with Crippen molar-refractivity contribution in [3.63, 3.8) is 0 Å². The molecule has 0 aliphatic carbocycles. The normalized spacial score (nSPS) is 12.3. The largest absolute Gasteiger partial charge is 0.353 e. The summed E-state index contributed by atoms with van der Waals surface area (Å²) in [4.78, 5) is 0. The molecule has 0 atom stereocenters. The maximum absolute atomic E-state index is 6.22. The van der Waals surface area contributed by atoms with Crippen LogP contribution >= 0.6 is 0 Å². The van der Waals surface area contributed by atoms with Crippen LogP contribution in [0.3, 0.4) is 0 Å². The molecule has 0 saturated heterocycles. The Morgan fingerprint density at radius 3 is 1.42 bits per heavy atom. The van der Waals surface area contributed by atoms with Crippen molar-refractivity contribution in [2.75, 3.05) is 13.2 Å². The average molecular weight is 533 g/mol. The molecule has 0 N–H and O–H groups in total. The van der Waals surface area contributed by atoms with Crippen molar-refractivity contribution in [3.8, 4) is 0 Å². The molecule has 224 valence electrons. The van der Waals surface area contributed by atoms with Gasteiger partial charge in [0, 0.05) is 13.2 Å². The van der Waals surface area contributed by atoms with E-state index in [9.17, 15) is 0 Å². The zero-order chi connectivity index (χ0) is 27.6. The topological polar surface area (TPSA) is 18.5 Å². The summed E-state index contributed by atoms with van der Waals surface area (Å²) in [5.74, 6) is 0. The first-order valence-electron chi connectivity index (χ1n) is 17.0. The summed E-state index contributed by atoms with van der Waals surface area (Å²) in [6, 6.07) is 0. The summed E-state index contributed by atoms with van der Waals surface area (Å²) in [5.41, 5.74) is 0. The summed E-state index contributed by atoms with van der Waals surface area (Å²) < 4.78 is 12.4. The lowest BCUT2D eigenvalue weighted by atomic mass is 10.1. The van der Waals surface area contributed by atoms with Crippen molar-refractivity contribution in [3.05, 3.63) is 36.5 Å². The van der Waals surface area contributed by atoms with Crippen LogP contribution in [0.25, 0.3) is 0 Å². The Morgan fingerprint density at radius 1 is 0.421 bits per heavy atom. The van der Waals surface area contributed by atoms with Crippen LogP contribution in [0.4, 0.5) is 0 Å². The highest BCUT2D eigenvalue weighted by Crippen LogP contribution is 2.14. The molecule has 0 amide bonds. The molecular formula is C36H68O2. The first-order chi connectivity index (χ1) is 18.8. The third kappa shape index (κ3) is 31.4. The van der Waals surface area contributed by atoms with Crippen LogP contribution in [0, 0.1) is 0 Å². The Morgan fingerprint density at radius 2 is 0.868 bits per heavy atom. The van der Waals surface area contributed by atoms with Gasteiger partial charge in [-0.05, 0) is 57.8 Å². The summed E-state index contributed by atoms with van der Waals surface area (Å²) in [6.07, 6.45) is 44.4. The molecule has 0 aliphatic rings. The molecule has 0 aromatic rings. The van der Waals surface area contributed by atoms with E-state index in [4.69, 9.17) is 9.47 Å². The minimum atomic E-state index is 0.00759. The number of unbranched alkanes of at least 4 members (excludes halogenated alkanes) is 18. The summed E-state index contributed by atoms with van der Waals surface area (Å²) in [6.45, 7) is 8.47. The van der Waals surface area contributed by atoms with Crippen molar-refractivity contribution in [2.45, 2.75) is 181 Å². The molecule has 0 bridgehead atoms. The van der Waals surface area contributed by atoms with Crippen LogP contribution < -0.4 is 0 Å². The fourth-order valence-corrected chi connectivity index (χ4v) is 4.68. The molecule has 0 heterocycles. The molecule has 0 aliphatic heterocycles. The molecule has 2 heteroatoms. The number of ether oxygens (including phenoxy) is 2. The van der Waals surface area contributed by atoms with Gasteiger partial charge in [0.15, 0.2) is 6.29 Å². The van der Waals surface area contributed by atoms with Crippen LogP contribution in [-0.2, 0) is 9.47 Å². The second-order valence-corrected chi connectivity index (χ2v) is 11.1. The van der Waals surface area contributed by atoms with Gasteiger partial charge in [0.1, 0.15) is 0 Å². The lowest BCUT2D eigenvalue weighted by Gasteiger charge is -2.19. The molecule has 0 aromatic carbocycles. The van der Waals surface area contributed by atoms with E-state index in [1.54, 1.807) is 0 Å². The minimum Gasteiger partial charge on any atom is -0.353 e. The van der Waals surface area contributed by atoms with E-state index in [1.165, 1.54) is 128 Å². The summed E-state index contributed by atoms with van der Waals surface area (Å²) in [5, 5.41) is 0. The van der Waals surface area contributed by atoms with Crippen LogP contribution in [0.1, 0.15) is 175 Å². The number of hydrogen-bond donors (Lipinski definition) is 0. The van der Waals surface area contributed by atoms with Gasteiger partial charge < -0.3 is 9.47 Å². The summed E-state index contributed by atoms with van der Waals surface area (Å²) in [7, 11) is 0. The van der Waals surface area contributed by atoms with E-state index in [-0.39, 0.29) is 6.29 Å². The quantitative estimate of drug-likeness (QED) is 0.0382.